The van der Waals surface area contributed by atoms with Crippen LogP contribution < -0.4 is 0 Å². The van der Waals surface area contributed by atoms with Crippen LogP contribution in [0.4, 0.5) is 0 Å². The normalized spacial score (nSPS) is 33.4. The van der Waals surface area contributed by atoms with Gasteiger partial charge >= 0.3 is 0 Å². The molecule has 2 nitrogen and oxygen atoms in total. The largest absolute Gasteiger partial charge is 0.508 e. The molecule has 82 valence electrons. The molecule has 0 radical (unpaired) electrons. The van der Waals surface area contributed by atoms with Crippen LogP contribution in [0.2, 0.25) is 0 Å². The first-order valence-electron chi connectivity index (χ1n) is 6.04. The highest BCUT2D eigenvalue weighted by Crippen LogP contribution is 2.57. The number of hydrogen-bond donors (Lipinski definition) is 2. The van der Waals surface area contributed by atoms with Gasteiger partial charge in [-0.15, -0.1) is 0 Å². The zero-order valence-electron chi connectivity index (χ0n) is 9.00. The molecule has 3 rings (SSSR count). The Morgan fingerprint density at radius 1 is 1.20 bits per heavy atom. The fourth-order valence-corrected chi connectivity index (χ4v) is 3.55. The van der Waals surface area contributed by atoms with Crippen molar-refractivity contribution < 1.29 is 10.2 Å². The summed E-state index contributed by atoms with van der Waals surface area (Å²) >= 11 is 0. The summed E-state index contributed by atoms with van der Waals surface area (Å²) in [4.78, 5) is 0. The average Bonchev–Trinajstić information content (AvgIpc) is 2.20. The van der Waals surface area contributed by atoms with Crippen molar-refractivity contribution in [3.05, 3.63) is 23.0 Å². The fraction of sp³-hybridized carbons (Fsp3) is 0.692. The third-order valence-electron chi connectivity index (χ3n) is 4.46. The highest BCUT2D eigenvalue weighted by atomic mass is 16.3. The lowest BCUT2D eigenvalue weighted by molar-refractivity contribution is 0.123. The zero-order valence-corrected chi connectivity index (χ0v) is 9.00. The van der Waals surface area contributed by atoms with Crippen molar-refractivity contribution in [2.45, 2.75) is 51.0 Å². The van der Waals surface area contributed by atoms with Gasteiger partial charge in [-0.1, -0.05) is 6.42 Å². The molecular weight excluding hydrogens is 188 g/mol. The Hall–Kier alpha value is -0.760. The van der Waals surface area contributed by atoms with Gasteiger partial charge < -0.3 is 10.2 Å². The van der Waals surface area contributed by atoms with E-state index in [-0.39, 0.29) is 11.5 Å². The van der Waals surface area contributed by atoms with Crippen LogP contribution in [-0.2, 0) is 0 Å². The van der Waals surface area contributed by atoms with Crippen molar-refractivity contribution in [2.24, 2.45) is 5.41 Å². The quantitative estimate of drug-likeness (QED) is 0.639. The number of aliphatic hydroxyl groups excluding tert-OH is 2. The van der Waals surface area contributed by atoms with Gasteiger partial charge in [0.1, 0.15) is 5.76 Å². The molecule has 1 fully saturated rings. The standard InChI is InChI=1S/C13H18O2/c14-10-4-5-11(15)12-9(10)3-1-6-13(12)7-2-8-13/h5,10,14-15H,1-4,6-8H2. The predicted octanol–water partition coefficient (Wildman–Crippen LogP) is 2.84. The molecule has 0 bridgehead atoms. The molecule has 2 N–H and O–H groups in total. The lowest BCUT2D eigenvalue weighted by atomic mass is 9.56. The molecule has 0 aliphatic heterocycles. The maximum absolute atomic E-state index is 10.0. The van der Waals surface area contributed by atoms with Gasteiger partial charge in [-0.2, -0.15) is 0 Å². The van der Waals surface area contributed by atoms with E-state index >= 15 is 0 Å². The topological polar surface area (TPSA) is 40.5 Å². The molecular formula is C13H18O2. The van der Waals surface area contributed by atoms with Crippen LogP contribution in [0, 0.1) is 5.41 Å². The van der Waals surface area contributed by atoms with Crippen molar-refractivity contribution in [3.63, 3.8) is 0 Å². The molecule has 15 heavy (non-hydrogen) atoms. The molecule has 3 aliphatic carbocycles. The highest BCUT2D eigenvalue weighted by Gasteiger charge is 2.46. The molecule has 0 amide bonds. The van der Waals surface area contributed by atoms with Gasteiger partial charge in [0.15, 0.2) is 0 Å². The lowest BCUT2D eigenvalue weighted by Gasteiger charge is -2.49. The van der Waals surface area contributed by atoms with E-state index in [0.717, 1.165) is 17.6 Å². The van der Waals surface area contributed by atoms with Gasteiger partial charge in [-0.05, 0) is 55.6 Å². The number of allylic oxidation sites excluding steroid dienone is 1. The zero-order chi connectivity index (χ0) is 10.5. The maximum atomic E-state index is 10.0. The minimum absolute atomic E-state index is 0.246. The predicted molar refractivity (Wildman–Crippen MR) is 58.5 cm³/mol. The van der Waals surface area contributed by atoms with Crippen molar-refractivity contribution in [2.75, 3.05) is 0 Å². The summed E-state index contributed by atoms with van der Waals surface area (Å²) in [6.07, 6.45) is 9.13. The number of fused-ring (bicyclic) bond motifs is 1. The molecule has 2 heteroatoms. The molecule has 1 atom stereocenters. The van der Waals surface area contributed by atoms with Crippen LogP contribution in [0.25, 0.3) is 0 Å². The van der Waals surface area contributed by atoms with Gasteiger partial charge in [-0.25, -0.2) is 0 Å². The minimum atomic E-state index is -0.325. The summed E-state index contributed by atoms with van der Waals surface area (Å²) in [5.41, 5.74) is 2.51. The molecule has 1 saturated carbocycles. The van der Waals surface area contributed by atoms with Crippen LogP contribution >= 0.6 is 0 Å². The molecule has 0 aromatic rings. The monoisotopic (exact) mass is 206 g/mol. The van der Waals surface area contributed by atoms with Gasteiger partial charge in [-0.3, -0.25) is 0 Å². The molecule has 1 spiro atoms. The van der Waals surface area contributed by atoms with Crippen molar-refractivity contribution >= 4 is 0 Å². The first kappa shape index (κ1) is 9.46. The fourth-order valence-electron chi connectivity index (χ4n) is 3.55. The van der Waals surface area contributed by atoms with E-state index in [9.17, 15) is 10.2 Å². The summed E-state index contributed by atoms with van der Waals surface area (Å²) in [5, 5.41) is 20.0. The second-order valence-electron chi connectivity index (χ2n) is 5.23. The van der Waals surface area contributed by atoms with E-state index in [2.05, 4.69) is 0 Å². The summed E-state index contributed by atoms with van der Waals surface area (Å²) < 4.78 is 0. The van der Waals surface area contributed by atoms with Crippen molar-refractivity contribution in [3.8, 4) is 0 Å². The van der Waals surface area contributed by atoms with Crippen LogP contribution in [0.3, 0.4) is 0 Å². The SMILES string of the molecule is OC1=CCC(O)C2=C1C1(CCC2)CCC1. The summed E-state index contributed by atoms with van der Waals surface area (Å²) in [7, 11) is 0. The summed E-state index contributed by atoms with van der Waals surface area (Å²) in [6.45, 7) is 0. The maximum Gasteiger partial charge on any atom is 0.115 e. The van der Waals surface area contributed by atoms with Gasteiger partial charge in [0.05, 0.1) is 6.10 Å². The van der Waals surface area contributed by atoms with Crippen molar-refractivity contribution in [1.29, 1.82) is 0 Å². The smallest absolute Gasteiger partial charge is 0.115 e. The number of aliphatic hydroxyl groups is 2. The Morgan fingerprint density at radius 3 is 2.60 bits per heavy atom. The number of hydrogen-bond acceptors (Lipinski definition) is 2. The van der Waals surface area contributed by atoms with Crippen LogP contribution in [-0.4, -0.2) is 16.3 Å². The summed E-state index contributed by atoms with van der Waals surface area (Å²) in [5.74, 6) is 0.467. The Balaban J connectivity index is 2.08. The van der Waals surface area contributed by atoms with Crippen LogP contribution in [0.15, 0.2) is 23.0 Å². The first-order valence-corrected chi connectivity index (χ1v) is 6.04. The first-order chi connectivity index (χ1) is 7.23. The molecule has 0 aromatic carbocycles. The van der Waals surface area contributed by atoms with E-state index in [1.807, 2.05) is 0 Å². The second-order valence-corrected chi connectivity index (χ2v) is 5.23. The summed E-state index contributed by atoms with van der Waals surface area (Å²) in [6, 6.07) is 0. The Kier molecular flexibility index (Phi) is 1.96. The van der Waals surface area contributed by atoms with E-state index < -0.39 is 0 Å². The molecule has 0 saturated heterocycles. The van der Waals surface area contributed by atoms with Gasteiger partial charge in [0.2, 0.25) is 0 Å². The lowest BCUT2D eigenvalue weighted by Crippen LogP contribution is -2.38. The highest BCUT2D eigenvalue weighted by molar-refractivity contribution is 5.44. The molecule has 0 aromatic heterocycles. The van der Waals surface area contributed by atoms with Crippen molar-refractivity contribution in [1.82, 2.24) is 0 Å². The average molecular weight is 206 g/mol. The second kappa shape index (κ2) is 3.11. The van der Waals surface area contributed by atoms with Crippen LogP contribution in [0.1, 0.15) is 44.9 Å². The van der Waals surface area contributed by atoms with Crippen LogP contribution in [0.5, 0.6) is 0 Å². The van der Waals surface area contributed by atoms with E-state index in [4.69, 9.17) is 0 Å². The van der Waals surface area contributed by atoms with E-state index in [1.54, 1.807) is 6.08 Å². The Labute approximate surface area is 90.3 Å². The number of rotatable bonds is 0. The van der Waals surface area contributed by atoms with Gasteiger partial charge in [0, 0.05) is 5.57 Å². The molecule has 1 unspecified atom stereocenters. The Morgan fingerprint density at radius 2 is 1.93 bits per heavy atom. The molecule has 3 aliphatic rings. The van der Waals surface area contributed by atoms with E-state index in [0.29, 0.717) is 12.2 Å². The van der Waals surface area contributed by atoms with Gasteiger partial charge in [0.25, 0.3) is 0 Å². The third-order valence-corrected chi connectivity index (χ3v) is 4.46. The molecule has 0 heterocycles. The van der Waals surface area contributed by atoms with E-state index in [1.165, 1.54) is 32.1 Å². The minimum Gasteiger partial charge on any atom is -0.508 e. The third kappa shape index (κ3) is 1.21. The Bertz CT molecular complexity index is 348.